The molecule has 9 nitrogen and oxygen atoms in total. The molecular formula is C59H105NO8P+. The third-order valence-corrected chi connectivity index (χ3v) is 12.7. The normalized spacial score (nSPS) is 14.0. The second kappa shape index (κ2) is 50.1. The first kappa shape index (κ1) is 66.2. The fourth-order valence-corrected chi connectivity index (χ4v) is 8.15. The molecule has 398 valence electrons. The molecule has 0 saturated carbocycles. The number of quaternary nitrogens is 1. The number of nitrogens with zero attached hydrogens (tertiary/aromatic N) is 1. The number of hydrogen-bond acceptors (Lipinski definition) is 7. The van der Waals surface area contributed by atoms with Gasteiger partial charge in [-0.25, -0.2) is 4.57 Å². The highest BCUT2D eigenvalue weighted by Gasteiger charge is 2.27. The molecule has 0 radical (unpaired) electrons. The highest BCUT2D eigenvalue weighted by molar-refractivity contribution is 7.47. The van der Waals surface area contributed by atoms with Crippen molar-refractivity contribution in [2.75, 3.05) is 47.5 Å². The quantitative estimate of drug-likeness (QED) is 0.0211. The fraction of sp³-hybridized carbons (Fsp3) is 0.729. The molecule has 0 aromatic carbocycles. The molecule has 0 bridgehead atoms. The van der Waals surface area contributed by atoms with Crippen LogP contribution >= 0.6 is 7.82 Å². The predicted octanol–water partition coefficient (Wildman–Crippen LogP) is 17.1. The summed E-state index contributed by atoms with van der Waals surface area (Å²) in [6, 6.07) is 0. The summed E-state index contributed by atoms with van der Waals surface area (Å²) in [6.07, 6.45) is 66.8. The van der Waals surface area contributed by atoms with Crippen LogP contribution in [0.25, 0.3) is 0 Å². The van der Waals surface area contributed by atoms with E-state index in [1.165, 1.54) is 109 Å². The second-order valence-corrected chi connectivity index (χ2v) is 21.0. The first-order valence-corrected chi connectivity index (χ1v) is 29.3. The summed E-state index contributed by atoms with van der Waals surface area (Å²) in [5.41, 5.74) is 0. The van der Waals surface area contributed by atoms with Crippen molar-refractivity contribution in [1.29, 1.82) is 0 Å². The maximum absolute atomic E-state index is 12.7. The molecule has 0 aromatic heterocycles. The van der Waals surface area contributed by atoms with Gasteiger partial charge in [0, 0.05) is 12.8 Å². The predicted molar refractivity (Wildman–Crippen MR) is 293 cm³/mol. The molecule has 69 heavy (non-hydrogen) atoms. The topological polar surface area (TPSA) is 108 Å². The van der Waals surface area contributed by atoms with E-state index >= 15 is 0 Å². The highest BCUT2D eigenvalue weighted by Crippen LogP contribution is 2.43. The summed E-state index contributed by atoms with van der Waals surface area (Å²) in [7, 11) is 1.48. The van der Waals surface area contributed by atoms with E-state index in [-0.39, 0.29) is 32.0 Å². The Morgan fingerprint density at radius 1 is 0.464 bits per heavy atom. The maximum Gasteiger partial charge on any atom is 0.472 e. The van der Waals surface area contributed by atoms with Crippen LogP contribution in [0.2, 0.25) is 0 Å². The summed E-state index contributed by atoms with van der Waals surface area (Å²) in [6.45, 7) is 4.28. The lowest BCUT2D eigenvalue weighted by Gasteiger charge is -2.24. The zero-order valence-corrected chi connectivity index (χ0v) is 45.9. The Morgan fingerprint density at radius 2 is 0.826 bits per heavy atom. The fourth-order valence-electron chi connectivity index (χ4n) is 7.41. The second-order valence-electron chi connectivity index (χ2n) is 19.6. The number of ether oxygens (including phenoxy) is 2. The Bertz CT molecular complexity index is 1440. The number of likely N-dealkylation sites (N-methyl/N-ethyl adjacent to an activating group) is 1. The van der Waals surface area contributed by atoms with Crippen LogP contribution in [-0.4, -0.2) is 74.9 Å². The minimum absolute atomic E-state index is 0.0307. The van der Waals surface area contributed by atoms with E-state index in [2.05, 4.69) is 98.9 Å². The van der Waals surface area contributed by atoms with Gasteiger partial charge in [-0.2, -0.15) is 0 Å². The molecule has 10 heteroatoms. The number of esters is 2. The molecule has 0 aliphatic heterocycles. The third kappa shape index (κ3) is 54.4. The molecule has 2 atom stereocenters. The van der Waals surface area contributed by atoms with E-state index in [9.17, 15) is 19.0 Å². The number of unbranched alkanes of at least 4 members (excludes halogenated alkanes) is 22. The summed E-state index contributed by atoms with van der Waals surface area (Å²) in [5.74, 6) is -0.801. The van der Waals surface area contributed by atoms with Crippen molar-refractivity contribution in [1.82, 2.24) is 0 Å². The van der Waals surface area contributed by atoms with Gasteiger partial charge >= 0.3 is 19.8 Å². The smallest absolute Gasteiger partial charge is 0.462 e. The van der Waals surface area contributed by atoms with E-state index in [1.807, 2.05) is 21.1 Å². The van der Waals surface area contributed by atoms with Gasteiger partial charge in [-0.15, -0.1) is 0 Å². The van der Waals surface area contributed by atoms with Gasteiger partial charge in [-0.05, 0) is 70.6 Å². The standard InChI is InChI=1S/C59H104NO8P/c1-6-8-10-12-14-16-17-18-19-20-21-22-23-24-25-26-27-28-29-30-31-32-33-34-35-36-37-38-39-40-41-42-43-44-46-48-50-52-59(62)68-57(56-67-69(63,64)66-54-53-60(3,4)5)55-65-58(61)51-49-47-45-15-13-11-9-7-2/h8,10,14,16,18-19,21-22,24-25,27-28,30-31,57H,6-7,9,11-13,15,17,20,23,26,29,32-56H2,1-5H3/p+1/b10-8-,16-14-,19-18-,22-21-,25-24-,28-27-,31-30-. The number of allylic oxidation sites excluding steroid dienone is 14. The molecule has 0 aliphatic rings. The summed E-state index contributed by atoms with van der Waals surface area (Å²) >= 11 is 0. The van der Waals surface area contributed by atoms with Crippen molar-refractivity contribution >= 4 is 19.8 Å². The Balaban J connectivity index is 3.95. The van der Waals surface area contributed by atoms with Crippen LogP contribution in [0, 0.1) is 0 Å². The summed E-state index contributed by atoms with van der Waals surface area (Å²) in [5, 5.41) is 0. The molecule has 0 heterocycles. The number of rotatable bonds is 50. The van der Waals surface area contributed by atoms with Gasteiger partial charge in [-0.1, -0.05) is 227 Å². The van der Waals surface area contributed by atoms with E-state index in [1.54, 1.807) is 0 Å². The van der Waals surface area contributed by atoms with Crippen molar-refractivity contribution in [2.45, 2.75) is 232 Å². The van der Waals surface area contributed by atoms with Crippen molar-refractivity contribution in [2.24, 2.45) is 0 Å². The van der Waals surface area contributed by atoms with E-state index in [0.29, 0.717) is 17.4 Å². The molecule has 2 unspecified atom stereocenters. The van der Waals surface area contributed by atoms with Crippen LogP contribution in [0.5, 0.6) is 0 Å². The van der Waals surface area contributed by atoms with Crippen LogP contribution in [0.3, 0.4) is 0 Å². The lowest BCUT2D eigenvalue weighted by molar-refractivity contribution is -0.870. The molecule has 1 N–H and O–H groups in total. The van der Waals surface area contributed by atoms with Crippen LogP contribution in [0.1, 0.15) is 226 Å². The zero-order chi connectivity index (χ0) is 50.6. The van der Waals surface area contributed by atoms with Gasteiger partial charge in [-0.3, -0.25) is 18.6 Å². The minimum atomic E-state index is -4.38. The van der Waals surface area contributed by atoms with E-state index in [0.717, 1.165) is 83.5 Å². The molecule has 0 fully saturated rings. The number of phosphoric ester groups is 1. The van der Waals surface area contributed by atoms with Gasteiger partial charge in [0.15, 0.2) is 6.10 Å². The number of phosphoric acid groups is 1. The summed E-state index contributed by atoms with van der Waals surface area (Å²) in [4.78, 5) is 35.4. The Kier molecular flexibility index (Phi) is 48.1. The first-order chi connectivity index (χ1) is 33.5. The van der Waals surface area contributed by atoms with Crippen LogP contribution < -0.4 is 0 Å². The Labute approximate surface area is 424 Å². The van der Waals surface area contributed by atoms with Gasteiger partial charge < -0.3 is 18.9 Å². The minimum Gasteiger partial charge on any atom is -0.462 e. The van der Waals surface area contributed by atoms with Gasteiger partial charge in [0.05, 0.1) is 27.7 Å². The van der Waals surface area contributed by atoms with Gasteiger partial charge in [0.2, 0.25) is 0 Å². The average molecular weight is 987 g/mol. The molecule has 0 saturated heterocycles. The first-order valence-electron chi connectivity index (χ1n) is 27.8. The van der Waals surface area contributed by atoms with Crippen molar-refractivity contribution in [3.8, 4) is 0 Å². The summed E-state index contributed by atoms with van der Waals surface area (Å²) < 4.78 is 34.3. The molecule has 0 aromatic rings. The van der Waals surface area contributed by atoms with Crippen molar-refractivity contribution in [3.05, 3.63) is 85.1 Å². The van der Waals surface area contributed by atoms with Crippen LogP contribution in [0.4, 0.5) is 0 Å². The largest absolute Gasteiger partial charge is 0.472 e. The Morgan fingerprint density at radius 3 is 1.23 bits per heavy atom. The molecular weight excluding hydrogens is 882 g/mol. The number of hydrogen-bond donors (Lipinski definition) is 1. The monoisotopic (exact) mass is 987 g/mol. The lowest BCUT2D eigenvalue weighted by Crippen LogP contribution is -2.37. The van der Waals surface area contributed by atoms with Crippen molar-refractivity contribution in [3.63, 3.8) is 0 Å². The Hall–Kier alpha value is -2.81. The lowest BCUT2D eigenvalue weighted by atomic mass is 10.0. The number of carbonyl (C=O) groups is 2. The van der Waals surface area contributed by atoms with E-state index in [4.69, 9.17) is 18.5 Å². The van der Waals surface area contributed by atoms with Gasteiger partial charge in [0.1, 0.15) is 19.8 Å². The molecule has 0 rings (SSSR count). The third-order valence-electron chi connectivity index (χ3n) is 11.7. The van der Waals surface area contributed by atoms with E-state index < -0.39 is 26.5 Å². The average Bonchev–Trinajstić information content (AvgIpc) is 3.31. The SMILES string of the molecule is CC/C=C\C/C=C\C/C=C\C/C=C\C/C=C\C/C=C\C/C=C\CCCCCCCCCCCCCCCCCC(=O)OC(COC(=O)CCCCCCCCCC)COP(=O)(O)OCC[N+](C)(C)C. The molecule has 0 amide bonds. The van der Waals surface area contributed by atoms with Gasteiger partial charge in [0.25, 0.3) is 0 Å². The molecule has 0 spiro atoms. The maximum atomic E-state index is 12.7. The van der Waals surface area contributed by atoms with Crippen LogP contribution in [0.15, 0.2) is 85.1 Å². The number of carbonyl (C=O) groups excluding carboxylic acids is 2. The highest BCUT2D eigenvalue weighted by atomic mass is 31.2. The van der Waals surface area contributed by atoms with Crippen LogP contribution in [-0.2, 0) is 32.7 Å². The van der Waals surface area contributed by atoms with Crippen molar-refractivity contribution < 1.29 is 42.1 Å². The molecule has 0 aliphatic carbocycles. The zero-order valence-electron chi connectivity index (χ0n) is 45.0.